The number of carbonyl (C=O) groups is 1. The minimum absolute atomic E-state index is 0.0509. The minimum Gasteiger partial charge on any atom is -0.339 e. The van der Waals surface area contributed by atoms with Gasteiger partial charge in [-0.15, -0.1) is 0 Å². The number of carbonyl (C=O) groups excluding carboxylic acids is 1. The standard InChI is InChI=1S/C20H18F2N4O2/c1-12-2-3-14(11-26(12)20(27)13-4-6-15(21)7-5-13)19-24-18(25-28-19)17-9-8-16(22)10-23-17/h4-10,12,14H,2-3,11H2,1H3/t12-,14+/m1/s1. The van der Waals surface area contributed by atoms with Crippen LogP contribution >= 0.6 is 0 Å². The Kier molecular flexibility index (Phi) is 4.85. The van der Waals surface area contributed by atoms with Crippen LogP contribution in [0.2, 0.25) is 0 Å². The average Bonchev–Trinajstić information content (AvgIpc) is 3.19. The topological polar surface area (TPSA) is 72.1 Å². The summed E-state index contributed by atoms with van der Waals surface area (Å²) in [7, 11) is 0. The molecule has 3 aromatic rings. The van der Waals surface area contributed by atoms with Crippen molar-refractivity contribution >= 4 is 5.91 Å². The molecule has 1 saturated heterocycles. The predicted molar refractivity (Wildman–Crippen MR) is 96.4 cm³/mol. The molecule has 3 heterocycles. The van der Waals surface area contributed by atoms with Crippen molar-refractivity contribution in [1.82, 2.24) is 20.0 Å². The van der Waals surface area contributed by atoms with Gasteiger partial charge in [-0.3, -0.25) is 4.79 Å². The lowest BCUT2D eigenvalue weighted by molar-refractivity contribution is 0.0593. The van der Waals surface area contributed by atoms with Gasteiger partial charge in [0.25, 0.3) is 5.91 Å². The molecule has 1 aliphatic heterocycles. The van der Waals surface area contributed by atoms with Crippen LogP contribution in [0.5, 0.6) is 0 Å². The summed E-state index contributed by atoms with van der Waals surface area (Å²) in [6, 6.07) is 8.34. The molecule has 1 aromatic carbocycles. The summed E-state index contributed by atoms with van der Waals surface area (Å²) in [6.45, 7) is 2.41. The largest absolute Gasteiger partial charge is 0.339 e. The van der Waals surface area contributed by atoms with Gasteiger partial charge >= 0.3 is 0 Å². The molecule has 1 amide bonds. The molecule has 1 fully saturated rings. The molecule has 0 spiro atoms. The molecule has 8 heteroatoms. The molecular weight excluding hydrogens is 366 g/mol. The molecule has 0 aliphatic carbocycles. The molecule has 2 aromatic heterocycles. The van der Waals surface area contributed by atoms with E-state index < -0.39 is 5.82 Å². The van der Waals surface area contributed by atoms with Crippen molar-refractivity contribution < 1.29 is 18.1 Å². The molecule has 2 atom stereocenters. The Morgan fingerprint density at radius 1 is 1.11 bits per heavy atom. The normalized spacial score (nSPS) is 19.6. The van der Waals surface area contributed by atoms with Gasteiger partial charge in [-0.1, -0.05) is 5.16 Å². The van der Waals surface area contributed by atoms with Gasteiger partial charge in [0, 0.05) is 18.2 Å². The number of likely N-dealkylation sites (tertiary alicyclic amines) is 1. The van der Waals surface area contributed by atoms with Gasteiger partial charge in [0.1, 0.15) is 17.3 Å². The lowest BCUT2D eigenvalue weighted by Gasteiger charge is -2.36. The van der Waals surface area contributed by atoms with E-state index in [9.17, 15) is 13.6 Å². The average molecular weight is 384 g/mol. The smallest absolute Gasteiger partial charge is 0.254 e. The second-order valence-electron chi connectivity index (χ2n) is 6.91. The number of amides is 1. The zero-order valence-electron chi connectivity index (χ0n) is 15.2. The first-order valence-electron chi connectivity index (χ1n) is 9.03. The van der Waals surface area contributed by atoms with E-state index in [1.54, 1.807) is 4.90 Å². The predicted octanol–water partition coefficient (Wildman–Crippen LogP) is 3.82. The molecule has 0 saturated carbocycles. The van der Waals surface area contributed by atoms with Crippen LogP contribution < -0.4 is 0 Å². The second-order valence-corrected chi connectivity index (χ2v) is 6.91. The Morgan fingerprint density at radius 3 is 2.57 bits per heavy atom. The monoisotopic (exact) mass is 384 g/mol. The Hall–Kier alpha value is -3.16. The van der Waals surface area contributed by atoms with E-state index in [2.05, 4.69) is 15.1 Å². The summed E-state index contributed by atoms with van der Waals surface area (Å²) in [6.07, 6.45) is 2.67. The maximum absolute atomic E-state index is 13.1. The Labute approximate surface area is 160 Å². The first kappa shape index (κ1) is 18.2. The fraction of sp³-hybridized carbons (Fsp3) is 0.300. The van der Waals surface area contributed by atoms with Crippen molar-refractivity contribution in [3.8, 4) is 11.5 Å². The third-order valence-corrected chi connectivity index (χ3v) is 4.98. The molecule has 0 bridgehead atoms. The summed E-state index contributed by atoms with van der Waals surface area (Å²) < 4.78 is 31.6. The van der Waals surface area contributed by atoms with Crippen LogP contribution in [-0.2, 0) is 0 Å². The fourth-order valence-electron chi connectivity index (χ4n) is 3.36. The number of piperidine rings is 1. The van der Waals surface area contributed by atoms with E-state index in [-0.39, 0.29) is 29.5 Å². The van der Waals surface area contributed by atoms with Crippen LogP contribution in [-0.4, -0.2) is 38.5 Å². The Morgan fingerprint density at radius 2 is 1.86 bits per heavy atom. The van der Waals surface area contributed by atoms with Gasteiger partial charge in [0.05, 0.1) is 12.1 Å². The van der Waals surface area contributed by atoms with Crippen LogP contribution in [0.1, 0.15) is 41.9 Å². The zero-order valence-corrected chi connectivity index (χ0v) is 15.2. The van der Waals surface area contributed by atoms with Crippen LogP contribution in [0.25, 0.3) is 11.5 Å². The van der Waals surface area contributed by atoms with Gasteiger partial charge in [0.15, 0.2) is 0 Å². The number of benzene rings is 1. The van der Waals surface area contributed by atoms with Crippen LogP contribution in [0, 0.1) is 11.6 Å². The van der Waals surface area contributed by atoms with Gasteiger partial charge in [-0.2, -0.15) is 4.98 Å². The lowest BCUT2D eigenvalue weighted by Crippen LogP contribution is -2.44. The highest BCUT2D eigenvalue weighted by atomic mass is 19.1. The molecule has 144 valence electrons. The van der Waals surface area contributed by atoms with E-state index >= 15 is 0 Å². The van der Waals surface area contributed by atoms with Crippen LogP contribution in [0.4, 0.5) is 8.78 Å². The number of pyridine rings is 1. The van der Waals surface area contributed by atoms with Crippen molar-refractivity contribution in [3.63, 3.8) is 0 Å². The highest BCUT2D eigenvalue weighted by Gasteiger charge is 2.33. The first-order chi connectivity index (χ1) is 13.5. The van der Waals surface area contributed by atoms with E-state index in [4.69, 9.17) is 4.52 Å². The summed E-state index contributed by atoms with van der Waals surface area (Å²) >= 11 is 0. The molecule has 28 heavy (non-hydrogen) atoms. The molecule has 1 aliphatic rings. The molecule has 0 N–H and O–H groups in total. The third kappa shape index (κ3) is 3.62. The molecule has 0 radical (unpaired) electrons. The zero-order chi connectivity index (χ0) is 19.7. The third-order valence-electron chi connectivity index (χ3n) is 4.98. The quantitative estimate of drug-likeness (QED) is 0.687. The van der Waals surface area contributed by atoms with Gasteiger partial charge < -0.3 is 9.42 Å². The van der Waals surface area contributed by atoms with Gasteiger partial charge in [-0.25, -0.2) is 13.8 Å². The minimum atomic E-state index is -0.441. The summed E-state index contributed by atoms with van der Waals surface area (Å²) in [5.41, 5.74) is 0.857. The van der Waals surface area contributed by atoms with E-state index in [0.717, 1.165) is 19.0 Å². The highest BCUT2D eigenvalue weighted by Crippen LogP contribution is 2.31. The lowest BCUT2D eigenvalue weighted by atomic mass is 9.92. The summed E-state index contributed by atoms with van der Waals surface area (Å²) in [5.74, 6) is -0.382. The van der Waals surface area contributed by atoms with Crippen LogP contribution in [0.3, 0.4) is 0 Å². The fourth-order valence-corrected chi connectivity index (χ4v) is 3.36. The van der Waals surface area contributed by atoms with Crippen molar-refractivity contribution in [1.29, 1.82) is 0 Å². The van der Waals surface area contributed by atoms with E-state index in [1.807, 2.05) is 6.92 Å². The van der Waals surface area contributed by atoms with E-state index in [1.165, 1.54) is 36.4 Å². The van der Waals surface area contributed by atoms with Gasteiger partial charge in [-0.05, 0) is 56.2 Å². The number of hydrogen-bond acceptors (Lipinski definition) is 5. The Balaban J connectivity index is 1.52. The number of rotatable bonds is 3. The Bertz CT molecular complexity index is 973. The second kappa shape index (κ2) is 7.46. The maximum atomic E-state index is 13.1. The van der Waals surface area contributed by atoms with E-state index in [0.29, 0.717) is 23.7 Å². The molecule has 6 nitrogen and oxygen atoms in total. The number of nitrogens with zero attached hydrogens (tertiary/aromatic N) is 4. The van der Waals surface area contributed by atoms with Crippen molar-refractivity contribution in [3.05, 3.63) is 65.7 Å². The number of hydrogen-bond donors (Lipinski definition) is 0. The van der Waals surface area contributed by atoms with Crippen molar-refractivity contribution in [2.45, 2.75) is 31.7 Å². The maximum Gasteiger partial charge on any atom is 0.254 e. The number of halogens is 2. The summed E-state index contributed by atoms with van der Waals surface area (Å²) in [4.78, 5) is 22.9. The first-order valence-corrected chi connectivity index (χ1v) is 9.03. The molecule has 4 rings (SSSR count). The van der Waals surface area contributed by atoms with Crippen LogP contribution in [0.15, 0.2) is 47.1 Å². The van der Waals surface area contributed by atoms with Crippen molar-refractivity contribution in [2.24, 2.45) is 0 Å². The SMILES string of the molecule is C[C@@H]1CC[C@H](c2nc(-c3ccc(F)cn3)no2)CN1C(=O)c1ccc(F)cc1. The van der Waals surface area contributed by atoms with Crippen molar-refractivity contribution in [2.75, 3.05) is 6.54 Å². The van der Waals surface area contributed by atoms with Gasteiger partial charge in [0.2, 0.25) is 11.7 Å². The number of aromatic nitrogens is 3. The molecule has 0 unspecified atom stereocenters. The highest BCUT2D eigenvalue weighted by molar-refractivity contribution is 5.94. The summed E-state index contributed by atoms with van der Waals surface area (Å²) in [5, 5.41) is 3.93. The molecular formula is C20H18F2N4O2.